The Morgan fingerprint density at radius 3 is 2.34 bits per heavy atom. The summed E-state index contributed by atoms with van der Waals surface area (Å²) in [6.07, 6.45) is -1.34. The average Bonchev–Trinajstić information content (AvgIpc) is 2.93. The molecule has 1 aromatic heterocycles. The van der Waals surface area contributed by atoms with Gasteiger partial charge in [-0.15, -0.1) is 11.3 Å². The third-order valence-corrected chi connectivity index (χ3v) is 5.14. The molecule has 0 saturated carbocycles. The first-order valence-corrected chi connectivity index (χ1v) is 9.78. The van der Waals surface area contributed by atoms with Crippen LogP contribution in [0.3, 0.4) is 0 Å². The van der Waals surface area contributed by atoms with Crippen molar-refractivity contribution in [3.8, 4) is 0 Å². The second-order valence-corrected chi connectivity index (χ2v) is 7.44. The van der Waals surface area contributed by atoms with Crippen molar-refractivity contribution in [2.24, 2.45) is 0 Å². The molecule has 0 bridgehead atoms. The summed E-state index contributed by atoms with van der Waals surface area (Å²) >= 11 is 1.25. The summed E-state index contributed by atoms with van der Waals surface area (Å²) in [6.45, 7) is 6.94. The Morgan fingerprint density at radius 1 is 1.10 bits per heavy atom. The molecule has 0 aliphatic rings. The van der Waals surface area contributed by atoms with Gasteiger partial charge in [0.15, 0.2) is 0 Å². The van der Waals surface area contributed by atoms with Gasteiger partial charge in [0.1, 0.15) is 5.00 Å². The fraction of sp³-hybridized carbons (Fsp3) is 0.300. The number of rotatable bonds is 6. The van der Waals surface area contributed by atoms with E-state index >= 15 is 0 Å². The van der Waals surface area contributed by atoms with Gasteiger partial charge in [-0.05, 0) is 26.3 Å². The number of aryl methyl sites for hydroxylation is 1. The highest BCUT2D eigenvalue weighted by molar-refractivity contribution is 7.16. The van der Waals surface area contributed by atoms with Crippen LogP contribution in [0, 0.1) is 13.8 Å². The fourth-order valence-corrected chi connectivity index (χ4v) is 3.66. The molecule has 3 N–H and O–H groups in total. The van der Waals surface area contributed by atoms with Crippen molar-refractivity contribution in [1.29, 1.82) is 0 Å². The minimum Gasteiger partial charge on any atom is -0.444 e. The highest BCUT2D eigenvalue weighted by Gasteiger charge is 2.30. The SMILES string of the molecule is CCNC(=O)NC(=O)[C@H](OC(=O)c1c(NC(C)=O)sc(C)c1C)c1ccccc1. The molecule has 1 heterocycles. The summed E-state index contributed by atoms with van der Waals surface area (Å²) in [6, 6.07) is 7.70. The molecule has 0 unspecified atom stereocenters. The number of carbonyl (C=O) groups is 4. The number of hydrogen-bond donors (Lipinski definition) is 3. The first kappa shape index (κ1) is 22.1. The number of benzene rings is 1. The predicted molar refractivity (Wildman–Crippen MR) is 110 cm³/mol. The van der Waals surface area contributed by atoms with Crippen LogP contribution in [0.5, 0.6) is 0 Å². The summed E-state index contributed by atoms with van der Waals surface area (Å²) in [5.74, 6) is -1.87. The number of thiophene rings is 1. The standard InChI is InChI=1S/C20H23N3O5S/c1-5-21-20(27)23-17(25)16(14-9-7-6-8-10-14)28-19(26)15-11(2)12(3)29-18(15)22-13(4)24/h6-10,16H,5H2,1-4H3,(H,22,24)(H2,21,23,25,27)/t16-/m1/s1. The summed E-state index contributed by atoms with van der Waals surface area (Å²) in [5.41, 5.74) is 1.25. The minimum absolute atomic E-state index is 0.189. The van der Waals surface area contributed by atoms with Gasteiger partial charge in [0.25, 0.3) is 5.91 Å². The van der Waals surface area contributed by atoms with Crippen molar-refractivity contribution in [3.05, 3.63) is 51.9 Å². The zero-order chi connectivity index (χ0) is 21.6. The van der Waals surface area contributed by atoms with Gasteiger partial charge in [0, 0.05) is 23.9 Å². The minimum atomic E-state index is -1.34. The molecule has 9 heteroatoms. The molecule has 0 fully saturated rings. The number of nitrogens with one attached hydrogen (secondary N) is 3. The maximum Gasteiger partial charge on any atom is 0.342 e. The zero-order valence-corrected chi connectivity index (χ0v) is 17.4. The van der Waals surface area contributed by atoms with E-state index < -0.39 is 24.0 Å². The van der Waals surface area contributed by atoms with Crippen LogP contribution in [0.4, 0.5) is 9.80 Å². The van der Waals surface area contributed by atoms with Crippen molar-refractivity contribution in [1.82, 2.24) is 10.6 Å². The van der Waals surface area contributed by atoms with Crippen LogP contribution in [0.15, 0.2) is 30.3 Å². The monoisotopic (exact) mass is 417 g/mol. The summed E-state index contributed by atoms with van der Waals surface area (Å²) in [7, 11) is 0. The van der Waals surface area contributed by atoms with E-state index in [1.807, 2.05) is 6.92 Å². The summed E-state index contributed by atoms with van der Waals surface area (Å²) in [5, 5.41) is 7.60. The Labute approximate surface area is 172 Å². The van der Waals surface area contributed by atoms with Crippen molar-refractivity contribution >= 4 is 40.2 Å². The van der Waals surface area contributed by atoms with Crippen LogP contribution >= 0.6 is 11.3 Å². The Kier molecular flexibility index (Phi) is 7.49. The van der Waals surface area contributed by atoms with Gasteiger partial charge in [-0.3, -0.25) is 14.9 Å². The number of hydrogen-bond acceptors (Lipinski definition) is 6. The normalized spacial score (nSPS) is 11.3. The lowest BCUT2D eigenvalue weighted by atomic mass is 10.1. The molecule has 1 aromatic carbocycles. The molecular formula is C20H23N3O5S. The van der Waals surface area contributed by atoms with E-state index in [0.29, 0.717) is 22.7 Å². The van der Waals surface area contributed by atoms with E-state index in [9.17, 15) is 19.2 Å². The maximum atomic E-state index is 12.9. The molecule has 8 nitrogen and oxygen atoms in total. The molecule has 2 aromatic rings. The van der Waals surface area contributed by atoms with Gasteiger partial charge in [-0.2, -0.15) is 0 Å². The number of esters is 1. The molecule has 29 heavy (non-hydrogen) atoms. The van der Waals surface area contributed by atoms with Crippen LogP contribution in [0.25, 0.3) is 0 Å². The van der Waals surface area contributed by atoms with Gasteiger partial charge in [-0.1, -0.05) is 30.3 Å². The number of amides is 4. The highest BCUT2D eigenvalue weighted by Crippen LogP contribution is 2.34. The van der Waals surface area contributed by atoms with Crippen LogP contribution in [0.2, 0.25) is 0 Å². The van der Waals surface area contributed by atoms with Crippen LogP contribution in [-0.4, -0.2) is 30.4 Å². The maximum absolute atomic E-state index is 12.9. The number of ether oxygens (including phenoxy) is 1. The van der Waals surface area contributed by atoms with Crippen molar-refractivity contribution < 1.29 is 23.9 Å². The Morgan fingerprint density at radius 2 is 1.76 bits per heavy atom. The molecule has 0 aliphatic heterocycles. The second kappa shape index (κ2) is 9.83. The zero-order valence-electron chi connectivity index (χ0n) is 16.6. The van der Waals surface area contributed by atoms with Crippen LogP contribution in [0.1, 0.15) is 46.3 Å². The molecule has 4 amide bonds. The van der Waals surface area contributed by atoms with Gasteiger partial charge in [-0.25, -0.2) is 9.59 Å². The topological polar surface area (TPSA) is 114 Å². The third kappa shape index (κ3) is 5.64. The average molecular weight is 417 g/mol. The quantitative estimate of drug-likeness (QED) is 0.625. The Bertz CT molecular complexity index is 924. The lowest BCUT2D eigenvalue weighted by Gasteiger charge is -2.18. The lowest BCUT2D eigenvalue weighted by molar-refractivity contribution is -0.129. The molecule has 2 rings (SSSR count). The summed E-state index contributed by atoms with van der Waals surface area (Å²) < 4.78 is 5.50. The fourth-order valence-electron chi connectivity index (χ4n) is 2.57. The number of anilines is 1. The molecule has 0 radical (unpaired) electrons. The molecule has 154 valence electrons. The second-order valence-electron chi connectivity index (χ2n) is 6.21. The van der Waals surface area contributed by atoms with Crippen molar-refractivity contribution in [2.45, 2.75) is 33.8 Å². The van der Waals surface area contributed by atoms with E-state index in [1.165, 1.54) is 18.3 Å². The van der Waals surface area contributed by atoms with E-state index in [0.717, 1.165) is 4.88 Å². The highest BCUT2D eigenvalue weighted by atomic mass is 32.1. The summed E-state index contributed by atoms with van der Waals surface area (Å²) in [4.78, 5) is 49.6. The molecular weight excluding hydrogens is 394 g/mol. The van der Waals surface area contributed by atoms with Crippen LogP contribution < -0.4 is 16.0 Å². The lowest BCUT2D eigenvalue weighted by Crippen LogP contribution is -2.42. The van der Waals surface area contributed by atoms with Gasteiger partial charge < -0.3 is 15.4 Å². The largest absolute Gasteiger partial charge is 0.444 e. The molecule has 1 atom stereocenters. The molecule has 0 spiro atoms. The van der Waals surface area contributed by atoms with E-state index in [4.69, 9.17) is 4.74 Å². The van der Waals surface area contributed by atoms with Crippen molar-refractivity contribution in [2.75, 3.05) is 11.9 Å². The first-order chi connectivity index (χ1) is 13.7. The van der Waals surface area contributed by atoms with Crippen molar-refractivity contribution in [3.63, 3.8) is 0 Å². The first-order valence-electron chi connectivity index (χ1n) is 8.96. The van der Waals surface area contributed by atoms with Gasteiger partial charge >= 0.3 is 12.0 Å². The number of urea groups is 1. The van der Waals surface area contributed by atoms with E-state index in [2.05, 4.69) is 16.0 Å². The molecule has 0 aliphatic carbocycles. The Hall–Kier alpha value is -3.20. The smallest absolute Gasteiger partial charge is 0.342 e. The Balaban J connectivity index is 2.34. The van der Waals surface area contributed by atoms with Gasteiger partial charge in [0.2, 0.25) is 12.0 Å². The number of imide groups is 1. The predicted octanol–water partition coefficient (Wildman–Crippen LogP) is 3.07. The van der Waals surface area contributed by atoms with E-state index in [-0.39, 0.29) is 11.5 Å². The number of carbonyl (C=O) groups excluding carboxylic acids is 4. The van der Waals surface area contributed by atoms with E-state index in [1.54, 1.807) is 44.2 Å². The van der Waals surface area contributed by atoms with Crippen LogP contribution in [-0.2, 0) is 14.3 Å². The molecule has 0 saturated heterocycles. The third-order valence-electron chi connectivity index (χ3n) is 4.02. The van der Waals surface area contributed by atoms with Gasteiger partial charge in [0.05, 0.1) is 5.56 Å².